The SMILES string of the molecule is CC1(C)OB(c2ccc(NC3CCOCC3)c(C#N)c2)OC1(C)C.COc1cc(C(C)=O)cnc1-c1cc2nccc(-c3ccc(NC4CCOCC4)c(C#N)c3)c2o1.COc1cc(C(C)=O)cnc1-c1cc2nccc(Cl)c2o1.Cl. The van der Waals surface area contributed by atoms with Crippen molar-refractivity contribution in [2.75, 3.05) is 51.3 Å². The summed E-state index contributed by atoms with van der Waals surface area (Å²) in [6.45, 7) is 14.1. The smallest absolute Gasteiger partial charge is 0.494 e. The minimum absolute atomic E-state index is 0. The van der Waals surface area contributed by atoms with E-state index < -0.39 is 7.12 Å². The summed E-state index contributed by atoms with van der Waals surface area (Å²) in [6, 6.07) is 27.1. The number of carbonyl (C=O) groups is 2. The summed E-state index contributed by atoms with van der Waals surface area (Å²) in [5, 5.41) is 26.8. The molecule has 418 valence electrons. The summed E-state index contributed by atoms with van der Waals surface area (Å²) in [7, 11) is 2.59. The number of ketones is 2. The van der Waals surface area contributed by atoms with E-state index in [1.165, 1.54) is 40.5 Å². The monoisotopic (exact) mass is 1130 g/mol. The number of nitriles is 2. The first-order valence-corrected chi connectivity index (χ1v) is 26.5. The molecular formula is C60H61BCl2N8O10. The van der Waals surface area contributed by atoms with Gasteiger partial charge in [-0.3, -0.25) is 19.6 Å². The van der Waals surface area contributed by atoms with Gasteiger partial charge >= 0.3 is 7.12 Å². The summed E-state index contributed by atoms with van der Waals surface area (Å²) >= 11 is 6.07. The van der Waals surface area contributed by atoms with E-state index in [-0.39, 0.29) is 35.2 Å². The van der Waals surface area contributed by atoms with Crippen LogP contribution < -0.4 is 25.6 Å². The van der Waals surface area contributed by atoms with Crippen LogP contribution in [0.25, 0.3) is 56.2 Å². The number of nitrogens with zero attached hydrogens (tertiary/aromatic N) is 6. The van der Waals surface area contributed by atoms with Crippen LogP contribution in [0.4, 0.5) is 11.4 Å². The summed E-state index contributed by atoms with van der Waals surface area (Å²) in [4.78, 5) is 40.4. The standard InChI is InChI=1S/C27H24N4O4.C18H25BN2O3.C15H11ClN2O3.ClH/c1-16(32)19-12-24(33-2)26(30-15-19)25-13-23-27(35-25)21(5-8-29-23)17-3-4-22(18(11-17)14-28)31-20-6-9-34-10-7-20;1-17(2)18(3,4)24-19(23-17)14-5-6-16(13(11-14)12-20)21-15-7-9-22-10-8-15;1-8(19)9-5-12(20-2)14(18-7-9)13-6-11-15(21-13)10(16)3-4-17-11;/h3-5,8,11-13,15,20,31H,6-7,9-10H2,1-2H3;5-6,11,15,21H,7-10H2,1-4H3;3-7H,1-2H3;1H. The Hall–Kier alpha value is -7.88. The maximum atomic E-state index is 11.7. The lowest BCUT2D eigenvalue weighted by molar-refractivity contribution is 0.00578. The highest BCUT2D eigenvalue weighted by molar-refractivity contribution is 6.62. The van der Waals surface area contributed by atoms with Crippen molar-refractivity contribution in [1.29, 1.82) is 10.5 Å². The third-order valence-corrected chi connectivity index (χ3v) is 14.8. The van der Waals surface area contributed by atoms with Crippen LogP contribution in [-0.2, 0) is 18.8 Å². The lowest BCUT2D eigenvalue weighted by atomic mass is 9.78. The van der Waals surface area contributed by atoms with E-state index in [0.29, 0.717) is 96.0 Å². The zero-order chi connectivity index (χ0) is 56.7. The number of fused-ring (bicyclic) bond motifs is 2. The maximum absolute atomic E-state index is 11.7. The van der Waals surface area contributed by atoms with Gasteiger partial charge in [0.1, 0.15) is 46.1 Å². The van der Waals surface area contributed by atoms with Gasteiger partial charge < -0.3 is 47.7 Å². The molecule has 3 aliphatic rings. The summed E-state index contributed by atoms with van der Waals surface area (Å²) < 4.78 is 45.6. The molecule has 0 atom stereocenters. The van der Waals surface area contributed by atoms with Crippen LogP contribution in [0.5, 0.6) is 11.5 Å². The predicted octanol–water partition coefficient (Wildman–Crippen LogP) is 11.9. The van der Waals surface area contributed by atoms with Crippen molar-refractivity contribution in [1.82, 2.24) is 19.9 Å². The number of rotatable bonds is 12. The molecule has 0 radical (unpaired) electrons. The molecule has 0 unspecified atom stereocenters. The second-order valence-corrected chi connectivity index (χ2v) is 20.8. The fourth-order valence-corrected chi connectivity index (χ4v) is 9.41. The van der Waals surface area contributed by atoms with E-state index in [0.717, 1.165) is 80.1 Å². The average Bonchev–Trinajstić information content (AvgIpc) is 4.24. The van der Waals surface area contributed by atoms with E-state index in [1.54, 1.807) is 42.7 Å². The molecule has 0 bridgehead atoms. The average molecular weight is 1140 g/mol. The van der Waals surface area contributed by atoms with Gasteiger partial charge in [-0.1, -0.05) is 23.7 Å². The predicted molar refractivity (Wildman–Crippen MR) is 312 cm³/mol. The van der Waals surface area contributed by atoms with Gasteiger partial charge in [0.05, 0.1) is 52.9 Å². The second kappa shape index (κ2) is 25.7. The molecule has 8 aromatic rings. The minimum Gasteiger partial charge on any atom is -0.494 e. The molecule has 2 aromatic carbocycles. The Balaban J connectivity index is 0.000000165. The van der Waals surface area contributed by atoms with Gasteiger partial charge in [-0.15, -0.1) is 12.4 Å². The van der Waals surface area contributed by atoms with Gasteiger partial charge in [0.25, 0.3) is 0 Å². The van der Waals surface area contributed by atoms with Crippen LogP contribution in [0.15, 0.2) is 106 Å². The maximum Gasteiger partial charge on any atom is 0.494 e. The summed E-state index contributed by atoms with van der Waals surface area (Å²) in [5.74, 6) is 1.68. The van der Waals surface area contributed by atoms with Crippen LogP contribution in [0, 0.1) is 22.7 Å². The number of Topliss-reactive ketones (excluding diaryl/α,β-unsaturated/α-hetero) is 2. The first-order chi connectivity index (χ1) is 38.5. The first-order valence-electron chi connectivity index (χ1n) is 26.2. The van der Waals surface area contributed by atoms with Gasteiger partial charge in [0.2, 0.25) is 0 Å². The first kappa shape index (κ1) is 59.3. The number of carbonyl (C=O) groups excluding carboxylic acids is 2. The van der Waals surface area contributed by atoms with Crippen molar-refractivity contribution >= 4 is 81.7 Å². The van der Waals surface area contributed by atoms with E-state index >= 15 is 0 Å². The number of benzene rings is 2. The number of aromatic nitrogens is 4. The molecule has 21 heteroatoms. The third-order valence-electron chi connectivity index (χ3n) is 14.5. The number of methoxy groups -OCH3 is 2. The van der Waals surface area contributed by atoms with E-state index in [4.69, 9.17) is 48.7 Å². The molecule has 9 heterocycles. The van der Waals surface area contributed by atoms with Crippen molar-refractivity contribution in [3.63, 3.8) is 0 Å². The molecule has 3 fully saturated rings. The topological polar surface area (TPSA) is 239 Å². The van der Waals surface area contributed by atoms with Crippen molar-refractivity contribution in [3.8, 4) is 57.7 Å². The van der Waals surface area contributed by atoms with Crippen LogP contribution in [-0.4, -0.2) is 103 Å². The molecule has 3 saturated heterocycles. The van der Waals surface area contributed by atoms with Gasteiger partial charge in [-0.2, -0.15) is 10.5 Å². The molecule has 0 saturated carbocycles. The Morgan fingerprint density at radius 3 is 1.59 bits per heavy atom. The third kappa shape index (κ3) is 13.3. The van der Waals surface area contributed by atoms with Crippen LogP contribution >= 0.6 is 24.0 Å². The number of hydrogen-bond donors (Lipinski definition) is 2. The van der Waals surface area contributed by atoms with Crippen LogP contribution in [0.1, 0.15) is 99.1 Å². The quantitative estimate of drug-likeness (QED) is 0.0854. The largest absolute Gasteiger partial charge is 0.494 e. The highest BCUT2D eigenvalue weighted by Crippen LogP contribution is 2.40. The van der Waals surface area contributed by atoms with Gasteiger partial charge in [0, 0.05) is 92.1 Å². The second-order valence-electron chi connectivity index (χ2n) is 20.4. The molecule has 2 N–H and O–H groups in total. The molecule has 11 rings (SSSR count). The number of hydrogen-bond acceptors (Lipinski definition) is 18. The summed E-state index contributed by atoms with van der Waals surface area (Å²) in [6.07, 6.45) is 10.1. The normalized spacial score (nSPS) is 15.7. The van der Waals surface area contributed by atoms with Crippen molar-refractivity contribution < 1.29 is 46.7 Å². The number of halogens is 2. The number of furan rings is 2. The van der Waals surface area contributed by atoms with Crippen molar-refractivity contribution in [2.24, 2.45) is 0 Å². The van der Waals surface area contributed by atoms with Crippen LogP contribution in [0.2, 0.25) is 5.02 Å². The lowest BCUT2D eigenvalue weighted by Gasteiger charge is -2.32. The fraction of sp³-hybridized carbons (Fsp3) is 0.333. The molecule has 0 spiro atoms. The molecule has 6 aromatic heterocycles. The van der Waals surface area contributed by atoms with E-state index in [2.05, 4.69) is 42.7 Å². The zero-order valence-corrected chi connectivity index (χ0v) is 47.8. The highest BCUT2D eigenvalue weighted by Gasteiger charge is 2.51. The van der Waals surface area contributed by atoms with Crippen molar-refractivity contribution in [3.05, 3.63) is 125 Å². The Kier molecular flexibility index (Phi) is 18.8. The highest BCUT2D eigenvalue weighted by atomic mass is 35.5. The van der Waals surface area contributed by atoms with Gasteiger partial charge in [-0.25, -0.2) is 9.97 Å². The zero-order valence-electron chi connectivity index (χ0n) is 46.2. The molecule has 0 aliphatic carbocycles. The van der Waals surface area contributed by atoms with Gasteiger partial charge in [0.15, 0.2) is 34.3 Å². The minimum atomic E-state index is -0.445. The van der Waals surface area contributed by atoms with Crippen molar-refractivity contribution in [2.45, 2.75) is 90.5 Å². The number of ether oxygens (including phenoxy) is 4. The summed E-state index contributed by atoms with van der Waals surface area (Å²) in [5.41, 5.74) is 8.90. The van der Waals surface area contributed by atoms with Gasteiger partial charge in [-0.05, 0) is 127 Å². The fourth-order valence-electron chi connectivity index (χ4n) is 9.22. The van der Waals surface area contributed by atoms with E-state index in [9.17, 15) is 20.1 Å². The molecule has 81 heavy (non-hydrogen) atoms. The Labute approximate surface area is 481 Å². The lowest BCUT2D eigenvalue weighted by Crippen LogP contribution is -2.41. The Morgan fingerprint density at radius 1 is 0.642 bits per heavy atom. The van der Waals surface area contributed by atoms with Crippen LogP contribution in [0.3, 0.4) is 0 Å². The molecule has 0 amide bonds. The molecule has 3 aliphatic heterocycles. The Morgan fingerprint density at radius 2 is 1.11 bits per heavy atom. The molecule has 18 nitrogen and oxygen atoms in total. The molecular weight excluding hydrogens is 1070 g/mol. The number of nitrogens with one attached hydrogen (secondary N) is 2. The van der Waals surface area contributed by atoms with E-state index in [1.807, 2.05) is 70.2 Å². The Bertz CT molecular complexity index is 3660. The number of anilines is 2. The number of pyridine rings is 4.